The number of ether oxygens (including phenoxy) is 2. The van der Waals surface area contributed by atoms with Crippen LogP contribution in [-0.4, -0.2) is 30.1 Å². The Bertz CT molecular complexity index is 916. The Kier molecular flexibility index (Phi) is 5.84. The highest BCUT2D eigenvalue weighted by atomic mass is 16.5. The number of rotatable bonds is 7. The molecule has 0 saturated heterocycles. The van der Waals surface area contributed by atoms with Crippen molar-refractivity contribution in [2.24, 2.45) is 0 Å². The molecule has 138 valence electrons. The van der Waals surface area contributed by atoms with Gasteiger partial charge in [0.25, 0.3) is 5.91 Å². The molecule has 7 heteroatoms. The van der Waals surface area contributed by atoms with Crippen LogP contribution in [0.1, 0.15) is 16.1 Å². The fraction of sp³-hybridized carbons (Fsp3) is 0.150. The van der Waals surface area contributed by atoms with E-state index in [0.29, 0.717) is 24.0 Å². The Labute approximate surface area is 157 Å². The Morgan fingerprint density at radius 1 is 1.00 bits per heavy atom. The second-order valence-corrected chi connectivity index (χ2v) is 5.63. The van der Waals surface area contributed by atoms with Gasteiger partial charge in [-0.3, -0.25) is 4.79 Å². The molecule has 0 atom stereocenters. The maximum absolute atomic E-state index is 12.3. The van der Waals surface area contributed by atoms with Gasteiger partial charge in [0.15, 0.2) is 11.5 Å². The maximum Gasteiger partial charge on any atom is 0.270 e. The van der Waals surface area contributed by atoms with Crippen LogP contribution in [0.4, 0.5) is 11.6 Å². The number of benzene rings is 2. The minimum atomic E-state index is -0.267. The van der Waals surface area contributed by atoms with Crippen molar-refractivity contribution in [3.8, 4) is 11.5 Å². The predicted molar refractivity (Wildman–Crippen MR) is 102 cm³/mol. The smallest absolute Gasteiger partial charge is 0.270 e. The molecule has 1 amide bonds. The molecule has 0 aliphatic rings. The number of nitrogens with zero attached hydrogens (tertiary/aromatic N) is 2. The molecule has 0 aliphatic carbocycles. The quantitative estimate of drug-likeness (QED) is 0.670. The van der Waals surface area contributed by atoms with E-state index < -0.39 is 0 Å². The van der Waals surface area contributed by atoms with Crippen molar-refractivity contribution in [1.29, 1.82) is 0 Å². The van der Waals surface area contributed by atoms with Crippen LogP contribution in [0.15, 0.2) is 60.8 Å². The maximum atomic E-state index is 12.3. The van der Waals surface area contributed by atoms with E-state index in [2.05, 4.69) is 20.6 Å². The number of anilines is 2. The molecule has 0 radical (unpaired) electrons. The lowest BCUT2D eigenvalue weighted by molar-refractivity contribution is 0.0946. The first-order chi connectivity index (χ1) is 13.2. The molecular formula is C20H20N4O3. The number of methoxy groups -OCH3 is 2. The van der Waals surface area contributed by atoms with Gasteiger partial charge in [0.1, 0.15) is 5.69 Å². The first-order valence-corrected chi connectivity index (χ1v) is 8.34. The normalized spacial score (nSPS) is 10.1. The highest BCUT2D eigenvalue weighted by Crippen LogP contribution is 2.30. The molecule has 1 heterocycles. The molecule has 1 aromatic heterocycles. The topological polar surface area (TPSA) is 85.4 Å². The lowest BCUT2D eigenvalue weighted by Crippen LogP contribution is -2.24. The first-order valence-electron chi connectivity index (χ1n) is 8.34. The number of aromatic nitrogens is 2. The van der Waals surface area contributed by atoms with Crippen LogP contribution < -0.4 is 20.1 Å². The zero-order chi connectivity index (χ0) is 19.1. The van der Waals surface area contributed by atoms with Crippen LogP contribution in [0.5, 0.6) is 11.5 Å². The largest absolute Gasteiger partial charge is 0.493 e. The molecule has 27 heavy (non-hydrogen) atoms. The van der Waals surface area contributed by atoms with Crippen LogP contribution in [-0.2, 0) is 6.54 Å². The van der Waals surface area contributed by atoms with Crippen molar-refractivity contribution in [1.82, 2.24) is 15.3 Å². The number of carbonyl (C=O) groups excluding carboxylic acids is 1. The van der Waals surface area contributed by atoms with E-state index in [4.69, 9.17) is 9.47 Å². The fourth-order valence-corrected chi connectivity index (χ4v) is 2.46. The summed E-state index contributed by atoms with van der Waals surface area (Å²) in [6, 6.07) is 16.6. The summed E-state index contributed by atoms with van der Waals surface area (Å²) in [6.45, 7) is 0.433. The number of hydrogen-bond acceptors (Lipinski definition) is 6. The van der Waals surface area contributed by atoms with Gasteiger partial charge >= 0.3 is 0 Å². The van der Waals surface area contributed by atoms with E-state index in [0.717, 1.165) is 11.3 Å². The zero-order valence-electron chi connectivity index (χ0n) is 15.1. The van der Waals surface area contributed by atoms with E-state index in [-0.39, 0.29) is 11.6 Å². The first kappa shape index (κ1) is 18.2. The summed E-state index contributed by atoms with van der Waals surface area (Å²) < 4.78 is 10.5. The van der Waals surface area contributed by atoms with Gasteiger partial charge in [-0.25, -0.2) is 9.97 Å². The highest BCUT2D eigenvalue weighted by Gasteiger charge is 2.10. The summed E-state index contributed by atoms with van der Waals surface area (Å²) in [6.07, 6.45) is 1.54. The van der Waals surface area contributed by atoms with Crippen molar-refractivity contribution >= 4 is 17.5 Å². The third kappa shape index (κ3) is 4.72. The zero-order valence-corrected chi connectivity index (χ0v) is 15.1. The molecule has 2 aromatic carbocycles. The van der Waals surface area contributed by atoms with Gasteiger partial charge < -0.3 is 20.1 Å². The van der Waals surface area contributed by atoms with Gasteiger partial charge in [0.2, 0.25) is 5.95 Å². The average Bonchev–Trinajstić information content (AvgIpc) is 2.73. The average molecular weight is 364 g/mol. The second-order valence-electron chi connectivity index (χ2n) is 5.63. The molecule has 2 N–H and O–H groups in total. The summed E-state index contributed by atoms with van der Waals surface area (Å²) in [5.74, 6) is 1.25. The third-order valence-corrected chi connectivity index (χ3v) is 3.82. The standard InChI is InChI=1S/C20H20N4O3/c1-26-17-9-8-15(12-18(17)27-2)23-20-21-11-10-16(24-20)19(25)22-13-14-6-4-3-5-7-14/h3-12H,13H2,1-2H3,(H,22,25)(H,21,23,24). The van der Waals surface area contributed by atoms with Crippen molar-refractivity contribution in [2.75, 3.05) is 19.5 Å². The van der Waals surface area contributed by atoms with Crippen LogP contribution in [0.2, 0.25) is 0 Å². The molecule has 0 bridgehead atoms. The molecule has 0 spiro atoms. The number of nitrogens with one attached hydrogen (secondary N) is 2. The Hall–Kier alpha value is -3.61. The fourth-order valence-electron chi connectivity index (χ4n) is 2.46. The third-order valence-electron chi connectivity index (χ3n) is 3.82. The van der Waals surface area contributed by atoms with Crippen molar-refractivity contribution in [3.63, 3.8) is 0 Å². The molecule has 3 aromatic rings. The van der Waals surface area contributed by atoms with Gasteiger partial charge in [-0.2, -0.15) is 0 Å². The van der Waals surface area contributed by atoms with E-state index in [1.807, 2.05) is 36.4 Å². The minimum Gasteiger partial charge on any atom is -0.493 e. The summed E-state index contributed by atoms with van der Waals surface area (Å²) >= 11 is 0. The summed E-state index contributed by atoms with van der Waals surface area (Å²) in [5.41, 5.74) is 2.02. The molecule has 0 unspecified atom stereocenters. The molecule has 7 nitrogen and oxygen atoms in total. The number of hydrogen-bond donors (Lipinski definition) is 2. The van der Waals surface area contributed by atoms with Crippen molar-refractivity contribution in [2.45, 2.75) is 6.54 Å². The Morgan fingerprint density at radius 3 is 2.52 bits per heavy atom. The van der Waals surface area contributed by atoms with Gasteiger partial charge in [-0.15, -0.1) is 0 Å². The van der Waals surface area contributed by atoms with Crippen LogP contribution in [0, 0.1) is 0 Å². The van der Waals surface area contributed by atoms with E-state index in [1.165, 1.54) is 6.20 Å². The van der Waals surface area contributed by atoms with E-state index in [9.17, 15) is 4.79 Å². The SMILES string of the molecule is COc1ccc(Nc2nccc(C(=O)NCc3ccccc3)n2)cc1OC. The predicted octanol–water partition coefficient (Wildman–Crippen LogP) is 3.17. The van der Waals surface area contributed by atoms with Crippen molar-refractivity contribution in [3.05, 3.63) is 72.1 Å². The van der Waals surface area contributed by atoms with Gasteiger partial charge in [0.05, 0.1) is 14.2 Å². The van der Waals surface area contributed by atoms with Gasteiger partial charge in [-0.1, -0.05) is 30.3 Å². The van der Waals surface area contributed by atoms with Crippen molar-refractivity contribution < 1.29 is 14.3 Å². The van der Waals surface area contributed by atoms with Crippen LogP contribution in [0.25, 0.3) is 0 Å². The van der Waals surface area contributed by atoms with E-state index in [1.54, 1.807) is 32.4 Å². The van der Waals surface area contributed by atoms with E-state index >= 15 is 0 Å². The second kappa shape index (κ2) is 8.66. The lowest BCUT2D eigenvalue weighted by Gasteiger charge is -2.11. The minimum absolute atomic E-state index is 0.267. The Balaban J connectivity index is 1.69. The molecular weight excluding hydrogens is 344 g/mol. The van der Waals surface area contributed by atoms with Gasteiger partial charge in [-0.05, 0) is 23.8 Å². The summed E-state index contributed by atoms with van der Waals surface area (Å²) in [5, 5.41) is 5.91. The summed E-state index contributed by atoms with van der Waals surface area (Å²) in [7, 11) is 3.14. The molecule has 3 rings (SSSR count). The van der Waals surface area contributed by atoms with Crippen LogP contribution in [0.3, 0.4) is 0 Å². The molecule has 0 saturated carbocycles. The molecule has 0 fully saturated rings. The highest BCUT2D eigenvalue weighted by molar-refractivity contribution is 5.92. The number of carbonyl (C=O) groups is 1. The Morgan fingerprint density at radius 2 is 1.78 bits per heavy atom. The lowest BCUT2D eigenvalue weighted by atomic mass is 10.2. The van der Waals surface area contributed by atoms with Gasteiger partial charge in [0, 0.05) is 24.5 Å². The van der Waals surface area contributed by atoms with Crippen LogP contribution >= 0.6 is 0 Å². The monoisotopic (exact) mass is 364 g/mol. The molecule has 0 aliphatic heterocycles. The summed E-state index contributed by atoms with van der Waals surface area (Å²) in [4.78, 5) is 20.8. The number of amides is 1.